The van der Waals surface area contributed by atoms with Gasteiger partial charge in [0.2, 0.25) is 0 Å². The van der Waals surface area contributed by atoms with Crippen molar-refractivity contribution in [3.05, 3.63) is 0 Å². The van der Waals surface area contributed by atoms with Crippen LogP contribution in [0.4, 0.5) is 0 Å². The van der Waals surface area contributed by atoms with Gasteiger partial charge in [0.05, 0.1) is 8.07 Å². The highest BCUT2D eigenvalue weighted by atomic mass is 127. The second kappa shape index (κ2) is 2.97. The average molecular weight is 308 g/mol. The van der Waals surface area contributed by atoms with Crippen molar-refractivity contribution in [3.8, 4) is 0 Å². The fraction of sp³-hybridized carbons (Fsp3) is 1.00. The molecule has 3 aliphatic rings. The van der Waals surface area contributed by atoms with Crippen molar-refractivity contribution in [1.82, 2.24) is 0 Å². The summed E-state index contributed by atoms with van der Waals surface area (Å²) in [5.74, 6) is 0. The normalized spacial score (nSPS) is 45.2. The van der Waals surface area contributed by atoms with Gasteiger partial charge in [-0.3, -0.25) is 0 Å². The van der Waals surface area contributed by atoms with Crippen molar-refractivity contribution in [3.63, 3.8) is 0 Å². The molecule has 3 rings (SSSR count). The molecule has 0 N–H and O–H groups in total. The lowest BCUT2D eigenvalue weighted by molar-refractivity contribution is 0.220. The van der Waals surface area contributed by atoms with Gasteiger partial charge in [0.15, 0.2) is 0 Å². The zero-order valence-corrected chi connectivity index (χ0v) is 12.3. The van der Waals surface area contributed by atoms with Crippen LogP contribution in [0.5, 0.6) is 0 Å². The van der Waals surface area contributed by atoms with Gasteiger partial charge in [-0.05, 0) is 43.6 Å². The Hall–Kier alpha value is 0.947. The number of alkyl halides is 1. The van der Waals surface area contributed by atoms with Crippen molar-refractivity contribution in [2.24, 2.45) is 0 Å². The molecular formula is C11H21ISi. The SMILES string of the molecule is C[Si](C)(C)C12CCC(I)(CC1)CC2. The van der Waals surface area contributed by atoms with Gasteiger partial charge >= 0.3 is 0 Å². The molecule has 3 fully saturated rings. The van der Waals surface area contributed by atoms with Crippen molar-refractivity contribution >= 4 is 30.7 Å². The van der Waals surface area contributed by atoms with Gasteiger partial charge < -0.3 is 0 Å². The number of halogens is 1. The Balaban J connectivity index is 2.20. The number of fused-ring (bicyclic) bond motifs is 3. The van der Waals surface area contributed by atoms with E-state index in [2.05, 4.69) is 42.2 Å². The smallest absolute Gasteiger partial charge is 0.0505 e. The lowest BCUT2D eigenvalue weighted by atomic mass is 9.70. The minimum Gasteiger partial charge on any atom is -0.0789 e. The summed E-state index contributed by atoms with van der Waals surface area (Å²) in [5.41, 5.74) is 0. The predicted octanol–water partition coefficient (Wildman–Crippen LogP) is 4.61. The number of rotatable bonds is 1. The molecule has 0 aromatic carbocycles. The molecule has 3 saturated carbocycles. The third-order valence-corrected chi connectivity index (χ3v) is 10.3. The highest BCUT2D eigenvalue weighted by molar-refractivity contribution is 14.1. The van der Waals surface area contributed by atoms with Gasteiger partial charge in [-0.1, -0.05) is 42.2 Å². The summed E-state index contributed by atoms with van der Waals surface area (Å²) in [4.78, 5) is 0. The van der Waals surface area contributed by atoms with E-state index in [1.165, 1.54) is 19.3 Å². The molecular weight excluding hydrogens is 287 g/mol. The van der Waals surface area contributed by atoms with Crippen LogP contribution in [0.25, 0.3) is 0 Å². The summed E-state index contributed by atoms with van der Waals surface area (Å²) in [5, 5.41) is 0.833. The zero-order valence-electron chi connectivity index (χ0n) is 9.12. The number of hydrogen-bond donors (Lipinski definition) is 0. The Bertz CT molecular complexity index is 192. The molecule has 0 saturated heterocycles. The van der Waals surface area contributed by atoms with E-state index in [9.17, 15) is 0 Å². The summed E-state index contributed by atoms with van der Waals surface area (Å²) in [6, 6.07) is 0. The molecule has 0 aromatic rings. The fourth-order valence-corrected chi connectivity index (χ4v) is 6.70. The molecule has 13 heavy (non-hydrogen) atoms. The maximum absolute atomic E-state index is 2.74. The van der Waals surface area contributed by atoms with Crippen molar-refractivity contribution in [1.29, 1.82) is 0 Å². The van der Waals surface area contributed by atoms with Crippen LogP contribution in [0, 0.1) is 0 Å². The third kappa shape index (κ3) is 1.62. The molecule has 3 aliphatic carbocycles. The van der Waals surface area contributed by atoms with Crippen LogP contribution in [0.3, 0.4) is 0 Å². The highest BCUT2D eigenvalue weighted by Gasteiger charge is 2.52. The van der Waals surface area contributed by atoms with Crippen LogP contribution in [-0.4, -0.2) is 11.5 Å². The summed E-state index contributed by atoms with van der Waals surface area (Å²) in [6.45, 7) is 7.75. The molecule has 0 unspecified atom stereocenters. The Morgan fingerprint density at radius 2 is 1.23 bits per heavy atom. The zero-order chi connectivity index (χ0) is 9.74. The van der Waals surface area contributed by atoms with Crippen molar-refractivity contribution in [2.75, 3.05) is 0 Å². The van der Waals surface area contributed by atoms with E-state index in [1.807, 2.05) is 0 Å². The Labute approximate surface area is 97.0 Å². The van der Waals surface area contributed by atoms with Gasteiger partial charge in [-0.25, -0.2) is 0 Å². The first kappa shape index (κ1) is 10.5. The molecule has 0 atom stereocenters. The van der Waals surface area contributed by atoms with Crippen LogP contribution in [-0.2, 0) is 0 Å². The monoisotopic (exact) mass is 308 g/mol. The maximum Gasteiger partial charge on any atom is 0.0505 e. The van der Waals surface area contributed by atoms with Crippen molar-refractivity contribution < 1.29 is 0 Å². The molecule has 0 amide bonds. The lowest BCUT2D eigenvalue weighted by Crippen LogP contribution is -2.49. The largest absolute Gasteiger partial charge is 0.0789 e. The Morgan fingerprint density at radius 1 is 0.846 bits per heavy atom. The molecule has 2 heteroatoms. The summed E-state index contributed by atoms with van der Waals surface area (Å²) < 4.78 is 0.721. The van der Waals surface area contributed by atoms with E-state index in [1.54, 1.807) is 19.3 Å². The van der Waals surface area contributed by atoms with E-state index < -0.39 is 8.07 Å². The van der Waals surface area contributed by atoms with E-state index in [4.69, 9.17) is 0 Å². The summed E-state index contributed by atoms with van der Waals surface area (Å²) in [6.07, 6.45) is 9.18. The van der Waals surface area contributed by atoms with Gasteiger partial charge in [-0.15, -0.1) is 0 Å². The quantitative estimate of drug-likeness (QED) is 0.377. The first-order valence-corrected chi connectivity index (χ1v) is 10.1. The fourth-order valence-electron chi connectivity index (χ4n) is 3.26. The standard InChI is InChI=1S/C11H21ISi/c1-13(2,3)11-7-4-10(12,5-8-11)6-9-11/h4-9H2,1-3H3. The van der Waals surface area contributed by atoms with Crippen LogP contribution in [0.2, 0.25) is 24.7 Å². The second-order valence-corrected chi connectivity index (χ2v) is 14.0. The molecule has 0 radical (unpaired) electrons. The topological polar surface area (TPSA) is 0 Å². The van der Waals surface area contributed by atoms with Gasteiger partial charge in [0.1, 0.15) is 0 Å². The van der Waals surface area contributed by atoms with Crippen LogP contribution in [0.1, 0.15) is 38.5 Å². The molecule has 0 aromatic heterocycles. The molecule has 0 spiro atoms. The number of hydrogen-bond acceptors (Lipinski definition) is 0. The minimum absolute atomic E-state index is 0.721. The van der Waals surface area contributed by atoms with Crippen LogP contribution in [0.15, 0.2) is 0 Å². The molecule has 0 aliphatic heterocycles. The second-order valence-electron chi connectivity index (χ2n) is 6.18. The van der Waals surface area contributed by atoms with E-state index in [0.29, 0.717) is 0 Å². The predicted molar refractivity (Wildman–Crippen MR) is 70.5 cm³/mol. The van der Waals surface area contributed by atoms with Crippen LogP contribution < -0.4 is 0 Å². The van der Waals surface area contributed by atoms with Gasteiger partial charge in [0.25, 0.3) is 0 Å². The first-order chi connectivity index (χ1) is 5.87. The van der Waals surface area contributed by atoms with E-state index >= 15 is 0 Å². The van der Waals surface area contributed by atoms with Gasteiger partial charge in [0, 0.05) is 3.42 Å². The first-order valence-electron chi connectivity index (χ1n) is 5.56. The molecule has 2 bridgehead atoms. The molecule has 0 heterocycles. The summed E-state index contributed by atoms with van der Waals surface area (Å²) in [7, 11) is -0.905. The van der Waals surface area contributed by atoms with E-state index in [-0.39, 0.29) is 0 Å². The van der Waals surface area contributed by atoms with E-state index in [0.717, 1.165) is 8.46 Å². The maximum atomic E-state index is 2.74. The Kier molecular flexibility index (Phi) is 2.39. The van der Waals surface area contributed by atoms with Crippen molar-refractivity contribution in [2.45, 2.75) is 66.6 Å². The van der Waals surface area contributed by atoms with Crippen LogP contribution >= 0.6 is 22.6 Å². The molecule has 0 nitrogen and oxygen atoms in total. The Morgan fingerprint density at radius 3 is 1.54 bits per heavy atom. The average Bonchev–Trinajstić information content (AvgIpc) is 2.04. The lowest BCUT2D eigenvalue weighted by Gasteiger charge is -2.56. The summed E-state index contributed by atoms with van der Waals surface area (Å²) >= 11 is 2.74. The highest BCUT2D eigenvalue weighted by Crippen LogP contribution is 2.64. The van der Waals surface area contributed by atoms with Gasteiger partial charge in [-0.2, -0.15) is 0 Å². The third-order valence-electron chi connectivity index (χ3n) is 4.75. The minimum atomic E-state index is -0.905. The molecule has 76 valence electrons.